The van der Waals surface area contributed by atoms with Crippen LogP contribution in [0.3, 0.4) is 0 Å². The van der Waals surface area contributed by atoms with Gasteiger partial charge in [-0.3, -0.25) is 0 Å². The largest absolute Gasteiger partial charge is 0.378 e. The zero-order valence-electron chi connectivity index (χ0n) is 11.0. The van der Waals surface area contributed by atoms with Crippen LogP contribution in [0.15, 0.2) is 0 Å². The van der Waals surface area contributed by atoms with Gasteiger partial charge in [-0.05, 0) is 45.9 Å². The quantitative estimate of drug-likeness (QED) is 0.725. The van der Waals surface area contributed by atoms with Crippen molar-refractivity contribution < 1.29 is 4.74 Å². The molecule has 0 bridgehead atoms. The molecule has 0 atom stereocenters. The first-order valence-corrected chi connectivity index (χ1v) is 6.50. The Kier molecular flexibility index (Phi) is 4.03. The van der Waals surface area contributed by atoms with Gasteiger partial charge in [-0.25, -0.2) is 0 Å². The molecule has 0 aromatic rings. The first-order chi connectivity index (χ1) is 8.13. The number of piperidine rings is 1. The Morgan fingerprint density at radius 1 is 1.41 bits per heavy atom. The molecule has 0 unspecified atom stereocenters. The second-order valence-corrected chi connectivity index (χ2v) is 5.83. The second kappa shape index (κ2) is 5.34. The topological polar surface area (TPSA) is 39.5 Å². The SMILES string of the molecule is CN1CCC(CN(C)CC2(C#N)COC2)CC1. The van der Waals surface area contributed by atoms with Crippen molar-refractivity contribution in [1.82, 2.24) is 9.80 Å². The first kappa shape index (κ1) is 12.8. The summed E-state index contributed by atoms with van der Waals surface area (Å²) in [6, 6.07) is 2.42. The van der Waals surface area contributed by atoms with E-state index in [1.165, 1.54) is 25.9 Å². The molecule has 96 valence electrons. The maximum atomic E-state index is 9.16. The van der Waals surface area contributed by atoms with Gasteiger partial charge in [0.1, 0.15) is 5.41 Å². The van der Waals surface area contributed by atoms with Crippen LogP contribution in [0.5, 0.6) is 0 Å². The lowest BCUT2D eigenvalue weighted by atomic mass is 9.86. The van der Waals surface area contributed by atoms with E-state index in [0.29, 0.717) is 13.2 Å². The molecule has 2 rings (SSSR count). The third-order valence-electron chi connectivity index (χ3n) is 3.97. The van der Waals surface area contributed by atoms with E-state index in [4.69, 9.17) is 10.00 Å². The molecule has 2 aliphatic rings. The minimum Gasteiger partial charge on any atom is -0.378 e. The van der Waals surface area contributed by atoms with Gasteiger partial charge < -0.3 is 14.5 Å². The highest BCUT2D eigenvalue weighted by Gasteiger charge is 2.40. The van der Waals surface area contributed by atoms with Gasteiger partial charge in [-0.1, -0.05) is 0 Å². The van der Waals surface area contributed by atoms with Crippen LogP contribution in [0, 0.1) is 22.7 Å². The molecule has 0 N–H and O–H groups in total. The molecular weight excluding hydrogens is 214 g/mol. The predicted molar refractivity (Wildman–Crippen MR) is 66.6 cm³/mol. The van der Waals surface area contributed by atoms with Crippen LogP contribution in [0.1, 0.15) is 12.8 Å². The monoisotopic (exact) mass is 237 g/mol. The maximum absolute atomic E-state index is 9.16. The molecule has 0 aliphatic carbocycles. The van der Waals surface area contributed by atoms with Crippen LogP contribution < -0.4 is 0 Å². The molecule has 0 saturated carbocycles. The smallest absolute Gasteiger partial charge is 0.116 e. The van der Waals surface area contributed by atoms with Crippen LogP contribution >= 0.6 is 0 Å². The zero-order chi connectivity index (χ0) is 12.3. The van der Waals surface area contributed by atoms with Gasteiger partial charge in [0.05, 0.1) is 19.3 Å². The number of hydrogen-bond donors (Lipinski definition) is 0. The van der Waals surface area contributed by atoms with Gasteiger partial charge in [0.25, 0.3) is 0 Å². The van der Waals surface area contributed by atoms with Gasteiger partial charge in [-0.2, -0.15) is 5.26 Å². The average molecular weight is 237 g/mol. The van der Waals surface area contributed by atoms with Gasteiger partial charge in [0.15, 0.2) is 0 Å². The summed E-state index contributed by atoms with van der Waals surface area (Å²) in [5.74, 6) is 0.799. The van der Waals surface area contributed by atoms with E-state index in [9.17, 15) is 0 Å². The van der Waals surface area contributed by atoms with Crippen LogP contribution in [0.25, 0.3) is 0 Å². The summed E-state index contributed by atoms with van der Waals surface area (Å²) in [5, 5.41) is 9.16. The Hall–Kier alpha value is -0.630. The van der Waals surface area contributed by atoms with E-state index < -0.39 is 0 Å². The fourth-order valence-electron chi connectivity index (χ4n) is 2.81. The summed E-state index contributed by atoms with van der Waals surface area (Å²) in [6.07, 6.45) is 2.58. The molecule has 2 aliphatic heterocycles. The number of nitriles is 1. The molecular formula is C13H23N3O. The summed E-state index contributed by atoms with van der Waals surface area (Å²) < 4.78 is 5.18. The first-order valence-electron chi connectivity index (χ1n) is 6.50. The fourth-order valence-corrected chi connectivity index (χ4v) is 2.81. The maximum Gasteiger partial charge on any atom is 0.116 e. The molecule has 0 radical (unpaired) electrons. The molecule has 4 nitrogen and oxygen atoms in total. The Balaban J connectivity index is 1.74. The standard InChI is InChI=1S/C13H23N3O/c1-15-5-3-12(4-6-15)7-16(2)9-13(8-14)10-17-11-13/h12H,3-7,9-11H2,1-2H3. The summed E-state index contributed by atoms with van der Waals surface area (Å²) in [4.78, 5) is 4.72. The van der Waals surface area contributed by atoms with E-state index in [1.54, 1.807) is 0 Å². The lowest BCUT2D eigenvalue weighted by molar-refractivity contribution is -0.0902. The molecule has 4 heteroatoms. The van der Waals surface area contributed by atoms with E-state index in [-0.39, 0.29) is 5.41 Å². The van der Waals surface area contributed by atoms with Gasteiger partial charge in [0, 0.05) is 13.1 Å². The van der Waals surface area contributed by atoms with E-state index in [2.05, 4.69) is 30.0 Å². The highest BCUT2D eigenvalue weighted by molar-refractivity contribution is 5.05. The van der Waals surface area contributed by atoms with Crippen molar-refractivity contribution in [3.05, 3.63) is 0 Å². The molecule has 0 spiro atoms. The van der Waals surface area contributed by atoms with E-state index in [1.807, 2.05) is 0 Å². The highest BCUT2D eigenvalue weighted by Crippen LogP contribution is 2.28. The van der Waals surface area contributed by atoms with Crippen molar-refractivity contribution in [1.29, 1.82) is 5.26 Å². The molecule has 2 saturated heterocycles. The van der Waals surface area contributed by atoms with E-state index in [0.717, 1.165) is 19.0 Å². The Bertz CT molecular complexity index is 288. The predicted octanol–water partition coefficient (Wildman–Crippen LogP) is 0.800. The Morgan fingerprint density at radius 2 is 2.06 bits per heavy atom. The van der Waals surface area contributed by atoms with Gasteiger partial charge >= 0.3 is 0 Å². The summed E-state index contributed by atoms with van der Waals surface area (Å²) in [6.45, 7) is 5.63. The van der Waals surface area contributed by atoms with Crippen molar-refractivity contribution in [3.63, 3.8) is 0 Å². The average Bonchev–Trinajstić information content (AvgIpc) is 2.27. The minimum absolute atomic E-state index is 0.222. The van der Waals surface area contributed by atoms with Gasteiger partial charge in [-0.15, -0.1) is 0 Å². The minimum atomic E-state index is -0.222. The normalized spacial score (nSPS) is 25.5. The Morgan fingerprint density at radius 3 is 2.53 bits per heavy atom. The Labute approximate surface area is 104 Å². The zero-order valence-corrected chi connectivity index (χ0v) is 11.0. The van der Waals surface area contributed by atoms with Crippen molar-refractivity contribution in [2.75, 3.05) is 53.5 Å². The van der Waals surface area contributed by atoms with E-state index >= 15 is 0 Å². The van der Waals surface area contributed by atoms with Crippen LogP contribution in [0.2, 0.25) is 0 Å². The molecule has 0 aromatic heterocycles. The van der Waals surface area contributed by atoms with Crippen LogP contribution in [-0.2, 0) is 4.74 Å². The molecule has 0 aromatic carbocycles. The number of likely N-dealkylation sites (tertiary alicyclic amines) is 1. The third kappa shape index (κ3) is 3.19. The third-order valence-corrected chi connectivity index (χ3v) is 3.97. The summed E-state index contributed by atoms with van der Waals surface area (Å²) in [7, 11) is 4.33. The lowest BCUT2D eigenvalue weighted by Crippen LogP contribution is -2.50. The van der Waals surface area contributed by atoms with Crippen molar-refractivity contribution in [2.45, 2.75) is 12.8 Å². The number of rotatable bonds is 4. The van der Waals surface area contributed by atoms with Gasteiger partial charge in [0.2, 0.25) is 0 Å². The number of hydrogen-bond acceptors (Lipinski definition) is 4. The molecule has 2 fully saturated rings. The van der Waals surface area contributed by atoms with Crippen LogP contribution in [0.4, 0.5) is 0 Å². The number of nitrogens with zero attached hydrogens (tertiary/aromatic N) is 3. The molecule has 2 heterocycles. The fraction of sp³-hybridized carbons (Fsp3) is 0.923. The molecule has 17 heavy (non-hydrogen) atoms. The van der Waals surface area contributed by atoms with Crippen molar-refractivity contribution in [3.8, 4) is 6.07 Å². The summed E-state index contributed by atoms with van der Waals surface area (Å²) >= 11 is 0. The lowest BCUT2D eigenvalue weighted by Gasteiger charge is -2.39. The van der Waals surface area contributed by atoms with Crippen LogP contribution in [-0.4, -0.2) is 63.3 Å². The second-order valence-electron chi connectivity index (χ2n) is 5.83. The number of ether oxygens (including phenoxy) is 1. The van der Waals surface area contributed by atoms with Crippen molar-refractivity contribution >= 4 is 0 Å². The molecule has 0 amide bonds. The highest BCUT2D eigenvalue weighted by atomic mass is 16.5. The summed E-state index contributed by atoms with van der Waals surface area (Å²) in [5.41, 5.74) is -0.222. The van der Waals surface area contributed by atoms with Crippen molar-refractivity contribution in [2.24, 2.45) is 11.3 Å².